The molecule has 0 saturated carbocycles. The fourth-order valence-corrected chi connectivity index (χ4v) is 8.27. The molecule has 0 aliphatic carbocycles. The van der Waals surface area contributed by atoms with Crippen molar-refractivity contribution in [1.29, 1.82) is 0 Å². The van der Waals surface area contributed by atoms with Crippen LogP contribution in [0.2, 0.25) is 0 Å². The van der Waals surface area contributed by atoms with E-state index >= 15 is 0 Å². The number of hydrogen-bond donors (Lipinski definition) is 1. The number of para-hydroxylation sites is 6. The SMILES string of the molecule is Brc1ccc(I)cc1.Brc1ccc(N(c2ccccc2)c2ccc(N(c3ccccc3)c3ccccc3)cc2)cc1.C.C.c1ccc(Nc2ccc(N(c3ccccc3)c3ccccc3)cc2)cc1. The number of hydrogen-bond acceptors (Lipinski definition) is 4. The van der Waals surface area contributed by atoms with E-state index in [9.17, 15) is 0 Å². The molecule has 344 valence electrons. The molecule has 0 unspecified atom stereocenters. The van der Waals surface area contributed by atoms with E-state index in [1.807, 2.05) is 60.7 Å². The minimum absolute atomic E-state index is 0. The Hall–Kier alpha value is -6.91. The van der Waals surface area contributed by atoms with Gasteiger partial charge in [-0.2, -0.15) is 0 Å². The normalized spacial score (nSPS) is 10.0. The van der Waals surface area contributed by atoms with E-state index in [2.05, 4.69) is 293 Å². The monoisotopic (exact) mass is 1140 g/mol. The van der Waals surface area contributed by atoms with Crippen LogP contribution < -0.4 is 20.0 Å². The van der Waals surface area contributed by atoms with Crippen LogP contribution in [0.1, 0.15) is 14.9 Å². The molecule has 69 heavy (non-hydrogen) atoms. The quantitative estimate of drug-likeness (QED) is 0.130. The van der Waals surface area contributed by atoms with Crippen LogP contribution in [-0.4, -0.2) is 0 Å². The first-order valence-corrected chi connectivity index (χ1v) is 24.5. The fourth-order valence-electron chi connectivity index (χ4n) is 7.38. The number of nitrogens with zero attached hydrogens (tertiary/aromatic N) is 3. The van der Waals surface area contributed by atoms with Crippen LogP contribution in [-0.2, 0) is 0 Å². The third kappa shape index (κ3) is 14.5. The maximum Gasteiger partial charge on any atom is 0.0463 e. The molecule has 0 spiro atoms. The summed E-state index contributed by atoms with van der Waals surface area (Å²) in [5, 5.41) is 3.43. The molecule has 0 fully saturated rings. The Morgan fingerprint density at radius 3 is 0.725 bits per heavy atom. The molecular formula is C62H55Br2IN4. The largest absolute Gasteiger partial charge is 0.356 e. The van der Waals surface area contributed by atoms with Gasteiger partial charge in [-0.3, -0.25) is 0 Å². The molecule has 0 bridgehead atoms. The van der Waals surface area contributed by atoms with Gasteiger partial charge in [-0.1, -0.05) is 156 Å². The second-order valence-corrected chi connectivity index (χ2v) is 18.2. The number of benzene rings is 10. The maximum atomic E-state index is 3.55. The Bertz CT molecular complexity index is 2870. The van der Waals surface area contributed by atoms with E-state index in [-0.39, 0.29) is 14.9 Å². The molecule has 10 aromatic rings. The van der Waals surface area contributed by atoms with Crippen molar-refractivity contribution < 1.29 is 0 Å². The van der Waals surface area contributed by atoms with Crippen LogP contribution in [0.3, 0.4) is 0 Å². The average Bonchev–Trinajstić information content (AvgIpc) is 3.39. The fraction of sp³-hybridized carbons (Fsp3) is 0.0323. The minimum Gasteiger partial charge on any atom is -0.356 e. The van der Waals surface area contributed by atoms with Gasteiger partial charge in [0.05, 0.1) is 0 Å². The lowest BCUT2D eigenvalue weighted by atomic mass is 10.1. The zero-order valence-corrected chi connectivity index (χ0v) is 41.9. The molecule has 10 aromatic carbocycles. The Labute approximate surface area is 440 Å². The second-order valence-electron chi connectivity index (χ2n) is 15.2. The third-order valence-corrected chi connectivity index (χ3v) is 12.3. The zero-order chi connectivity index (χ0) is 46.0. The molecule has 0 saturated heterocycles. The van der Waals surface area contributed by atoms with Gasteiger partial charge in [0.2, 0.25) is 0 Å². The lowest BCUT2D eigenvalue weighted by Gasteiger charge is -2.28. The lowest BCUT2D eigenvalue weighted by molar-refractivity contribution is 1.25. The van der Waals surface area contributed by atoms with E-state index < -0.39 is 0 Å². The van der Waals surface area contributed by atoms with Crippen molar-refractivity contribution >= 4 is 117 Å². The van der Waals surface area contributed by atoms with Gasteiger partial charge in [0.25, 0.3) is 0 Å². The van der Waals surface area contributed by atoms with Crippen LogP contribution in [0.5, 0.6) is 0 Å². The molecule has 0 aliphatic rings. The Morgan fingerprint density at radius 2 is 0.449 bits per heavy atom. The van der Waals surface area contributed by atoms with Gasteiger partial charge in [-0.25, -0.2) is 0 Å². The topological polar surface area (TPSA) is 21.8 Å². The summed E-state index contributed by atoms with van der Waals surface area (Å²) in [6.07, 6.45) is 0. The summed E-state index contributed by atoms with van der Waals surface area (Å²) >= 11 is 9.17. The first kappa shape index (κ1) is 51.5. The van der Waals surface area contributed by atoms with Crippen LogP contribution in [0.4, 0.5) is 62.6 Å². The highest BCUT2D eigenvalue weighted by atomic mass is 127. The zero-order valence-electron chi connectivity index (χ0n) is 36.5. The molecule has 0 amide bonds. The highest BCUT2D eigenvalue weighted by Gasteiger charge is 2.16. The summed E-state index contributed by atoms with van der Waals surface area (Å²) in [5.41, 5.74) is 12.3. The molecule has 0 aromatic heterocycles. The number of nitrogens with one attached hydrogen (secondary N) is 1. The summed E-state index contributed by atoms with van der Waals surface area (Å²) in [4.78, 5) is 6.80. The molecule has 1 N–H and O–H groups in total. The lowest BCUT2D eigenvalue weighted by Crippen LogP contribution is -2.12. The molecule has 10 rings (SSSR count). The van der Waals surface area contributed by atoms with Crippen molar-refractivity contribution in [2.45, 2.75) is 14.9 Å². The summed E-state index contributed by atoms with van der Waals surface area (Å²) in [7, 11) is 0. The highest BCUT2D eigenvalue weighted by Crippen LogP contribution is 2.39. The Kier molecular flexibility index (Phi) is 19.8. The summed E-state index contributed by atoms with van der Waals surface area (Å²) < 4.78 is 3.47. The summed E-state index contributed by atoms with van der Waals surface area (Å²) in [5.74, 6) is 0. The first-order valence-electron chi connectivity index (χ1n) is 21.8. The van der Waals surface area contributed by atoms with Gasteiger partial charge in [0, 0.05) is 75.1 Å². The van der Waals surface area contributed by atoms with Gasteiger partial charge < -0.3 is 20.0 Å². The van der Waals surface area contributed by atoms with Crippen LogP contribution >= 0.6 is 54.5 Å². The van der Waals surface area contributed by atoms with E-state index in [4.69, 9.17) is 0 Å². The number of halogens is 3. The van der Waals surface area contributed by atoms with Crippen molar-refractivity contribution in [2.75, 3.05) is 20.0 Å². The third-order valence-electron chi connectivity index (χ3n) is 10.5. The predicted octanol–water partition coefficient (Wildman–Crippen LogP) is 20.6. The van der Waals surface area contributed by atoms with E-state index in [1.165, 1.54) is 3.57 Å². The van der Waals surface area contributed by atoms with E-state index in [1.54, 1.807) is 0 Å². The molecule has 0 radical (unpaired) electrons. The smallest absolute Gasteiger partial charge is 0.0463 e. The molecule has 4 nitrogen and oxygen atoms in total. The number of rotatable bonds is 11. The van der Waals surface area contributed by atoms with Crippen LogP contribution in [0, 0.1) is 3.57 Å². The summed E-state index contributed by atoms with van der Waals surface area (Å²) in [6.45, 7) is 0. The van der Waals surface area contributed by atoms with E-state index in [0.717, 1.165) is 71.5 Å². The molecular weight excluding hydrogens is 1090 g/mol. The molecule has 0 aliphatic heterocycles. The van der Waals surface area contributed by atoms with Gasteiger partial charge in [-0.05, 0) is 192 Å². The molecule has 0 atom stereocenters. The summed E-state index contributed by atoms with van der Waals surface area (Å²) in [6, 6.07) is 96.3. The minimum atomic E-state index is 0. The Morgan fingerprint density at radius 1 is 0.246 bits per heavy atom. The van der Waals surface area contributed by atoms with Gasteiger partial charge >= 0.3 is 0 Å². The van der Waals surface area contributed by atoms with Crippen molar-refractivity contribution in [3.8, 4) is 0 Å². The van der Waals surface area contributed by atoms with Crippen molar-refractivity contribution in [2.24, 2.45) is 0 Å². The van der Waals surface area contributed by atoms with Crippen LogP contribution in [0.15, 0.2) is 288 Å². The van der Waals surface area contributed by atoms with E-state index in [0.29, 0.717) is 0 Å². The first-order chi connectivity index (χ1) is 33.0. The van der Waals surface area contributed by atoms with Gasteiger partial charge in [-0.15, -0.1) is 0 Å². The van der Waals surface area contributed by atoms with Gasteiger partial charge in [0.1, 0.15) is 0 Å². The predicted molar refractivity (Wildman–Crippen MR) is 315 cm³/mol. The standard InChI is InChI=1S/C30H23BrN2.C24H20N2.C6H4BrI.2CH4/c31-24-16-18-28(19-17-24)33(27-14-8-3-9-15-27)30-22-20-29(21-23-30)32(25-10-4-1-5-11-25)26-12-6-2-7-13-26;1-4-10-20(11-5-1)25-21-16-18-24(19-17-21)26(22-12-6-2-7-13-22)23-14-8-3-9-15-23;7-5-1-3-6(8)4-2-5;;/h1-23H;1-19,25H;1-4H;2*1H4. The highest BCUT2D eigenvalue weighted by molar-refractivity contribution is 14.1. The molecule has 0 heterocycles. The Balaban J connectivity index is 0.000000194. The van der Waals surface area contributed by atoms with Crippen molar-refractivity contribution in [1.82, 2.24) is 0 Å². The van der Waals surface area contributed by atoms with Crippen molar-refractivity contribution in [3.05, 3.63) is 292 Å². The average molecular weight is 1140 g/mol. The molecule has 7 heteroatoms. The van der Waals surface area contributed by atoms with Crippen LogP contribution in [0.25, 0.3) is 0 Å². The van der Waals surface area contributed by atoms with Crippen molar-refractivity contribution in [3.63, 3.8) is 0 Å². The maximum absolute atomic E-state index is 3.55. The van der Waals surface area contributed by atoms with Gasteiger partial charge in [0.15, 0.2) is 0 Å². The second kappa shape index (κ2) is 26.6. The number of anilines is 11.